The number of anilines is 1. The molecule has 0 fully saturated rings. The maximum absolute atomic E-state index is 13.6. The van der Waals surface area contributed by atoms with Crippen molar-refractivity contribution in [2.75, 3.05) is 24.2 Å². The van der Waals surface area contributed by atoms with Crippen LogP contribution in [0.15, 0.2) is 48.5 Å². The number of halogens is 1. The van der Waals surface area contributed by atoms with Crippen LogP contribution in [0.4, 0.5) is 5.69 Å². The molecule has 0 aromatic heterocycles. The molecule has 35 heavy (non-hydrogen) atoms. The average molecular weight is 524 g/mol. The van der Waals surface area contributed by atoms with Gasteiger partial charge < -0.3 is 15.0 Å². The Balaban J connectivity index is 2.44. The summed E-state index contributed by atoms with van der Waals surface area (Å²) in [4.78, 5) is 28.2. The normalized spacial score (nSPS) is 12.5. The summed E-state index contributed by atoms with van der Waals surface area (Å²) in [5.74, 6) is -0.252. The highest BCUT2D eigenvalue weighted by atomic mass is 35.5. The summed E-state index contributed by atoms with van der Waals surface area (Å²) < 4.78 is 31.4. The van der Waals surface area contributed by atoms with Crippen LogP contribution in [-0.2, 0) is 26.2 Å². The van der Waals surface area contributed by atoms with Crippen LogP contribution >= 0.6 is 11.6 Å². The van der Waals surface area contributed by atoms with E-state index in [4.69, 9.17) is 16.3 Å². The first-order valence-corrected chi connectivity index (χ1v) is 13.5. The van der Waals surface area contributed by atoms with E-state index in [-0.39, 0.29) is 12.5 Å². The second-order valence-electron chi connectivity index (χ2n) is 9.28. The molecular weight excluding hydrogens is 490 g/mol. The molecule has 1 N–H and O–H groups in total. The van der Waals surface area contributed by atoms with Gasteiger partial charge in [0.2, 0.25) is 21.8 Å². The molecule has 1 atom stereocenters. The Labute approximate surface area is 213 Å². The third-order valence-electron chi connectivity index (χ3n) is 5.19. The fourth-order valence-corrected chi connectivity index (χ4v) is 4.50. The lowest BCUT2D eigenvalue weighted by Gasteiger charge is -2.34. The van der Waals surface area contributed by atoms with Crippen LogP contribution in [0.25, 0.3) is 0 Å². The van der Waals surface area contributed by atoms with E-state index in [1.54, 1.807) is 48.5 Å². The molecule has 2 aromatic rings. The highest BCUT2D eigenvalue weighted by Gasteiger charge is 2.33. The molecule has 0 radical (unpaired) electrons. The quantitative estimate of drug-likeness (QED) is 0.510. The highest BCUT2D eigenvalue weighted by Crippen LogP contribution is 2.23. The van der Waals surface area contributed by atoms with Gasteiger partial charge in [-0.15, -0.1) is 0 Å². The molecule has 2 aromatic carbocycles. The van der Waals surface area contributed by atoms with Crippen molar-refractivity contribution >= 4 is 39.1 Å². The summed E-state index contributed by atoms with van der Waals surface area (Å²) in [6.07, 6.45) is 1.39. The van der Waals surface area contributed by atoms with Gasteiger partial charge in [-0.1, -0.05) is 30.7 Å². The molecule has 0 heterocycles. The summed E-state index contributed by atoms with van der Waals surface area (Å²) in [5, 5.41) is 3.48. The highest BCUT2D eigenvalue weighted by molar-refractivity contribution is 7.92. The predicted molar refractivity (Wildman–Crippen MR) is 139 cm³/mol. The van der Waals surface area contributed by atoms with E-state index in [9.17, 15) is 18.0 Å². The Hall–Kier alpha value is -2.78. The van der Waals surface area contributed by atoms with Crippen LogP contribution in [0.2, 0.25) is 5.02 Å². The zero-order chi connectivity index (χ0) is 26.4. The van der Waals surface area contributed by atoms with Crippen molar-refractivity contribution in [1.29, 1.82) is 0 Å². The first-order valence-electron chi connectivity index (χ1n) is 11.2. The van der Waals surface area contributed by atoms with Crippen LogP contribution in [0, 0.1) is 0 Å². The van der Waals surface area contributed by atoms with Gasteiger partial charge in [-0.3, -0.25) is 13.9 Å². The van der Waals surface area contributed by atoms with Gasteiger partial charge in [-0.05, 0) is 69.2 Å². The third kappa shape index (κ3) is 8.43. The van der Waals surface area contributed by atoms with Crippen molar-refractivity contribution in [1.82, 2.24) is 10.2 Å². The SMILES string of the molecule is CC[C@@H](C(=O)NC(C)(C)C)N(Cc1ccc(Cl)cc1)C(=O)CN(c1ccc(OC)cc1)S(C)(=O)=O. The molecule has 0 spiro atoms. The van der Waals surface area contributed by atoms with Crippen molar-refractivity contribution in [2.45, 2.75) is 52.2 Å². The Kier molecular flexibility index (Phi) is 9.57. The number of nitrogens with one attached hydrogen (secondary N) is 1. The molecule has 2 amide bonds. The molecule has 0 unspecified atom stereocenters. The van der Waals surface area contributed by atoms with E-state index < -0.39 is 34.1 Å². The van der Waals surface area contributed by atoms with Crippen molar-refractivity contribution in [3.8, 4) is 5.75 Å². The number of hydrogen-bond acceptors (Lipinski definition) is 5. The third-order valence-corrected chi connectivity index (χ3v) is 6.58. The minimum atomic E-state index is -3.80. The Bertz CT molecular complexity index is 1110. The van der Waals surface area contributed by atoms with Gasteiger partial charge in [0.15, 0.2) is 0 Å². The number of carbonyl (C=O) groups excluding carboxylic acids is 2. The lowest BCUT2D eigenvalue weighted by molar-refractivity contribution is -0.141. The van der Waals surface area contributed by atoms with Crippen molar-refractivity contribution < 1.29 is 22.7 Å². The summed E-state index contributed by atoms with van der Waals surface area (Å²) in [7, 11) is -2.29. The summed E-state index contributed by atoms with van der Waals surface area (Å²) in [6, 6.07) is 12.5. The molecule has 0 aliphatic carbocycles. The first-order chi connectivity index (χ1) is 16.2. The number of carbonyl (C=O) groups is 2. The Morgan fingerprint density at radius 2 is 1.63 bits per heavy atom. The van der Waals surface area contributed by atoms with Gasteiger partial charge in [-0.25, -0.2) is 8.42 Å². The van der Waals surface area contributed by atoms with Crippen molar-refractivity contribution in [2.24, 2.45) is 0 Å². The largest absolute Gasteiger partial charge is 0.497 e. The minimum absolute atomic E-state index is 0.117. The summed E-state index contributed by atoms with van der Waals surface area (Å²) in [5.41, 5.74) is 0.585. The van der Waals surface area contributed by atoms with Crippen molar-refractivity contribution in [3.63, 3.8) is 0 Å². The molecule has 0 bridgehead atoms. The monoisotopic (exact) mass is 523 g/mol. The topological polar surface area (TPSA) is 96.0 Å². The number of amides is 2. The average Bonchev–Trinajstić information content (AvgIpc) is 2.76. The van der Waals surface area contributed by atoms with Gasteiger partial charge in [0.1, 0.15) is 18.3 Å². The van der Waals surface area contributed by atoms with Crippen LogP contribution in [0.3, 0.4) is 0 Å². The summed E-state index contributed by atoms with van der Waals surface area (Å²) >= 11 is 6.01. The minimum Gasteiger partial charge on any atom is -0.497 e. The maximum Gasteiger partial charge on any atom is 0.244 e. The number of benzene rings is 2. The zero-order valence-corrected chi connectivity index (χ0v) is 22.6. The van der Waals surface area contributed by atoms with Gasteiger partial charge >= 0.3 is 0 Å². The number of methoxy groups -OCH3 is 1. The fraction of sp³-hybridized carbons (Fsp3) is 0.440. The van der Waals surface area contributed by atoms with E-state index in [0.717, 1.165) is 16.1 Å². The first kappa shape index (κ1) is 28.5. The zero-order valence-electron chi connectivity index (χ0n) is 21.0. The van der Waals surface area contributed by atoms with Crippen LogP contribution < -0.4 is 14.4 Å². The second-order valence-corrected chi connectivity index (χ2v) is 11.6. The fourth-order valence-electron chi connectivity index (χ4n) is 3.52. The maximum atomic E-state index is 13.6. The number of sulfonamides is 1. The molecule has 10 heteroatoms. The smallest absolute Gasteiger partial charge is 0.244 e. The molecule has 8 nitrogen and oxygen atoms in total. The number of ether oxygens (including phenoxy) is 1. The lowest BCUT2D eigenvalue weighted by Crippen LogP contribution is -2.55. The standard InChI is InChI=1S/C25H34ClN3O5S/c1-7-22(24(31)27-25(2,3)4)28(16-18-8-10-19(26)11-9-18)23(30)17-29(35(6,32)33)20-12-14-21(34-5)15-13-20/h8-15,22H,7,16-17H2,1-6H3,(H,27,31)/t22-/m0/s1. The van der Waals surface area contributed by atoms with Gasteiger partial charge in [0.05, 0.1) is 19.1 Å². The van der Waals surface area contributed by atoms with E-state index in [1.165, 1.54) is 12.0 Å². The van der Waals surface area contributed by atoms with E-state index in [0.29, 0.717) is 22.9 Å². The number of nitrogens with zero attached hydrogens (tertiary/aromatic N) is 2. The van der Waals surface area contributed by atoms with Gasteiger partial charge in [0, 0.05) is 17.1 Å². The Morgan fingerprint density at radius 3 is 2.09 bits per heavy atom. The molecule has 0 saturated heterocycles. The van der Waals surface area contributed by atoms with E-state index in [1.807, 2.05) is 27.7 Å². The van der Waals surface area contributed by atoms with Crippen molar-refractivity contribution in [3.05, 3.63) is 59.1 Å². The molecular formula is C25H34ClN3O5S. The van der Waals surface area contributed by atoms with E-state index in [2.05, 4.69) is 5.32 Å². The van der Waals surface area contributed by atoms with E-state index >= 15 is 0 Å². The molecule has 192 valence electrons. The van der Waals surface area contributed by atoms with Gasteiger partial charge in [0.25, 0.3) is 0 Å². The predicted octanol–water partition coefficient (Wildman–Crippen LogP) is 3.84. The number of rotatable bonds is 10. The summed E-state index contributed by atoms with van der Waals surface area (Å²) in [6.45, 7) is 7.05. The van der Waals surface area contributed by atoms with Crippen LogP contribution in [0.5, 0.6) is 5.75 Å². The molecule has 0 aliphatic rings. The molecule has 2 rings (SSSR count). The van der Waals surface area contributed by atoms with Crippen LogP contribution in [-0.4, -0.2) is 56.6 Å². The van der Waals surface area contributed by atoms with Gasteiger partial charge in [-0.2, -0.15) is 0 Å². The number of hydrogen-bond donors (Lipinski definition) is 1. The lowest BCUT2D eigenvalue weighted by atomic mass is 10.1. The molecule has 0 aliphatic heterocycles. The molecule has 0 saturated carbocycles. The van der Waals surface area contributed by atoms with Crippen LogP contribution in [0.1, 0.15) is 39.7 Å². The second kappa shape index (κ2) is 11.8. The Morgan fingerprint density at radius 1 is 1.06 bits per heavy atom.